The molecular weight excluding hydrogens is 408 g/mol. The van der Waals surface area contributed by atoms with Crippen molar-refractivity contribution in [3.8, 4) is 5.69 Å². The molecule has 1 saturated heterocycles. The van der Waals surface area contributed by atoms with Gasteiger partial charge in [-0.05, 0) is 47.7 Å². The third-order valence-corrected chi connectivity index (χ3v) is 7.00. The molecule has 0 bridgehead atoms. The molecule has 6 nitrogen and oxygen atoms in total. The number of rotatable bonds is 4. The standard InChI is InChI=1S/C24H22N4O2S/c1-25-23(29)22-21(19-8-2-3-9-20(19)31-22)17-10-13-27(15-17)24(30)16-6-4-7-18(14-16)28-12-5-11-26-28/h2-9,11-12,14,17H,10,13,15H2,1H3,(H,25,29). The number of benzene rings is 2. The normalized spacial score (nSPS) is 16.0. The lowest BCUT2D eigenvalue weighted by atomic mass is 9.95. The van der Waals surface area contributed by atoms with E-state index in [9.17, 15) is 9.59 Å². The average Bonchev–Trinajstić information content (AvgIpc) is 3.57. The first-order chi connectivity index (χ1) is 15.2. The van der Waals surface area contributed by atoms with Crippen LogP contribution in [0.5, 0.6) is 0 Å². The third-order valence-electron chi connectivity index (χ3n) is 5.81. The largest absolute Gasteiger partial charge is 0.354 e. The summed E-state index contributed by atoms with van der Waals surface area (Å²) in [7, 11) is 1.66. The lowest BCUT2D eigenvalue weighted by molar-refractivity contribution is 0.0790. The highest BCUT2D eigenvalue weighted by atomic mass is 32.1. The van der Waals surface area contributed by atoms with E-state index in [4.69, 9.17) is 0 Å². The first kappa shape index (κ1) is 19.5. The van der Waals surface area contributed by atoms with Gasteiger partial charge in [-0.15, -0.1) is 11.3 Å². The molecule has 4 aromatic rings. The van der Waals surface area contributed by atoms with E-state index in [0.717, 1.165) is 32.6 Å². The molecule has 1 atom stereocenters. The van der Waals surface area contributed by atoms with Gasteiger partial charge < -0.3 is 10.2 Å². The smallest absolute Gasteiger partial charge is 0.261 e. The zero-order chi connectivity index (χ0) is 21.4. The Kier molecular flexibility index (Phi) is 5.03. The Labute approximate surface area is 184 Å². The second kappa shape index (κ2) is 8.00. The summed E-state index contributed by atoms with van der Waals surface area (Å²) in [5, 5.41) is 8.13. The number of nitrogens with zero attached hydrogens (tertiary/aromatic N) is 3. The van der Waals surface area contributed by atoms with Crippen LogP contribution in [0.4, 0.5) is 0 Å². The number of thiophene rings is 1. The minimum absolute atomic E-state index is 0.0116. The summed E-state index contributed by atoms with van der Waals surface area (Å²) in [5.74, 6) is 0.0899. The van der Waals surface area contributed by atoms with Crippen LogP contribution in [-0.2, 0) is 0 Å². The molecule has 3 heterocycles. The molecular formula is C24H22N4O2S. The molecule has 0 radical (unpaired) electrons. The fourth-order valence-corrected chi connectivity index (χ4v) is 5.55. The Hall–Kier alpha value is -3.45. The minimum atomic E-state index is -0.0621. The molecule has 1 aliphatic rings. The van der Waals surface area contributed by atoms with Crippen molar-refractivity contribution in [2.75, 3.05) is 20.1 Å². The lowest BCUT2D eigenvalue weighted by Crippen LogP contribution is -2.28. The minimum Gasteiger partial charge on any atom is -0.354 e. The molecule has 156 valence electrons. The summed E-state index contributed by atoms with van der Waals surface area (Å²) in [6.07, 6.45) is 4.42. The maximum absolute atomic E-state index is 13.2. The number of aromatic nitrogens is 2. The third kappa shape index (κ3) is 3.51. The SMILES string of the molecule is CNC(=O)c1sc2ccccc2c1C1CCN(C(=O)c2cccc(-n3cccn3)c2)C1. The van der Waals surface area contributed by atoms with Gasteiger partial charge in [-0.2, -0.15) is 5.10 Å². The number of hydrogen-bond acceptors (Lipinski definition) is 4. The van der Waals surface area contributed by atoms with Crippen LogP contribution in [-0.4, -0.2) is 46.6 Å². The number of amides is 2. The molecule has 1 unspecified atom stereocenters. The molecule has 1 N–H and O–H groups in total. The fourth-order valence-electron chi connectivity index (χ4n) is 4.32. The van der Waals surface area contributed by atoms with Crippen molar-refractivity contribution in [2.45, 2.75) is 12.3 Å². The van der Waals surface area contributed by atoms with Crippen LogP contribution in [0.25, 0.3) is 15.8 Å². The van der Waals surface area contributed by atoms with E-state index in [2.05, 4.69) is 22.5 Å². The summed E-state index contributed by atoms with van der Waals surface area (Å²) in [6, 6.07) is 17.5. The molecule has 0 spiro atoms. The maximum atomic E-state index is 13.2. The van der Waals surface area contributed by atoms with E-state index in [-0.39, 0.29) is 17.7 Å². The van der Waals surface area contributed by atoms with E-state index in [1.165, 1.54) is 11.3 Å². The number of carbonyl (C=O) groups excluding carboxylic acids is 2. The van der Waals surface area contributed by atoms with Crippen LogP contribution in [0.3, 0.4) is 0 Å². The topological polar surface area (TPSA) is 67.2 Å². The van der Waals surface area contributed by atoms with Gasteiger partial charge in [0.1, 0.15) is 0 Å². The van der Waals surface area contributed by atoms with Gasteiger partial charge in [0.15, 0.2) is 0 Å². The van der Waals surface area contributed by atoms with E-state index in [1.807, 2.05) is 53.6 Å². The number of hydrogen-bond donors (Lipinski definition) is 1. The van der Waals surface area contributed by atoms with Gasteiger partial charge in [-0.1, -0.05) is 24.3 Å². The van der Waals surface area contributed by atoms with Gasteiger partial charge in [0.05, 0.1) is 10.6 Å². The average molecular weight is 431 g/mol. The number of fused-ring (bicyclic) bond motifs is 1. The summed E-state index contributed by atoms with van der Waals surface area (Å²) in [4.78, 5) is 28.4. The Morgan fingerprint density at radius 2 is 2.00 bits per heavy atom. The van der Waals surface area contributed by atoms with Crippen molar-refractivity contribution in [3.05, 3.63) is 83.0 Å². The highest BCUT2D eigenvalue weighted by Crippen LogP contribution is 2.40. The molecule has 0 aliphatic carbocycles. The molecule has 2 aromatic heterocycles. The van der Waals surface area contributed by atoms with Crippen molar-refractivity contribution in [1.82, 2.24) is 20.0 Å². The van der Waals surface area contributed by atoms with E-state index >= 15 is 0 Å². The van der Waals surface area contributed by atoms with Gasteiger partial charge in [0.2, 0.25) is 0 Å². The zero-order valence-electron chi connectivity index (χ0n) is 17.1. The Bertz CT molecular complexity index is 1260. The Balaban J connectivity index is 1.43. The summed E-state index contributed by atoms with van der Waals surface area (Å²) >= 11 is 1.52. The van der Waals surface area contributed by atoms with Crippen LogP contribution < -0.4 is 5.32 Å². The van der Waals surface area contributed by atoms with Gasteiger partial charge in [0.25, 0.3) is 11.8 Å². The predicted octanol–water partition coefficient (Wildman–Crippen LogP) is 4.08. The Morgan fingerprint density at radius 3 is 2.81 bits per heavy atom. The summed E-state index contributed by atoms with van der Waals surface area (Å²) < 4.78 is 2.85. The van der Waals surface area contributed by atoms with Crippen molar-refractivity contribution in [3.63, 3.8) is 0 Å². The summed E-state index contributed by atoms with van der Waals surface area (Å²) in [6.45, 7) is 1.28. The van der Waals surface area contributed by atoms with Crippen LogP contribution in [0.2, 0.25) is 0 Å². The maximum Gasteiger partial charge on any atom is 0.261 e. The van der Waals surface area contributed by atoms with Crippen molar-refractivity contribution < 1.29 is 9.59 Å². The van der Waals surface area contributed by atoms with Crippen LogP contribution in [0.1, 0.15) is 37.9 Å². The quantitative estimate of drug-likeness (QED) is 0.531. The van der Waals surface area contributed by atoms with Crippen molar-refractivity contribution >= 4 is 33.2 Å². The molecule has 5 rings (SSSR count). The number of likely N-dealkylation sites (tertiary alicyclic amines) is 1. The van der Waals surface area contributed by atoms with Gasteiger partial charge >= 0.3 is 0 Å². The first-order valence-electron chi connectivity index (χ1n) is 10.3. The van der Waals surface area contributed by atoms with Crippen LogP contribution in [0.15, 0.2) is 67.0 Å². The van der Waals surface area contributed by atoms with E-state index in [0.29, 0.717) is 18.7 Å². The molecule has 2 aromatic carbocycles. The number of carbonyl (C=O) groups is 2. The van der Waals surface area contributed by atoms with Crippen LogP contribution in [0, 0.1) is 0 Å². The van der Waals surface area contributed by atoms with E-state index < -0.39 is 0 Å². The first-order valence-corrected chi connectivity index (χ1v) is 11.1. The van der Waals surface area contributed by atoms with Crippen molar-refractivity contribution in [1.29, 1.82) is 0 Å². The highest BCUT2D eigenvalue weighted by Gasteiger charge is 2.32. The molecule has 2 amide bonds. The fraction of sp³-hybridized carbons (Fsp3) is 0.208. The highest BCUT2D eigenvalue weighted by molar-refractivity contribution is 7.21. The summed E-state index contributed by atoms with van der Waals surface area (Å²) in [5.41, 5.74) is 2.58. The molecule has 31 heavy (non-hydrogen) atoms. The second-order valence-electron chi connectivity index (χ2n) is 7.66. The monoisotopic (exact) mass is 430 g/mol. The van der Waals surface area contributed by atoms with Gasteiger partial charge in [-0.3, -0.25) is 9.59 Å². The molecule has 0 saturated carbocycles. The van der Waals surface area contributed by atoms with Gasteiger partial charge in [-0.25, -0.2) is 4.68 Å². The molecule has 1 aliphatic heterocycles. The van der Waals surface area contributed by atoms with E-state index in [1.54, 1.807) is 17.9 Å². The van der Waals surface area contributed by atoms with Gasteiger partial charge in [0, 0.05) is 48.7 Å². The molecule has 1 fully saturated rings. The van der Waals surface area contributed by atoms with Crippen molar-refractivity contribution in [2.24, 2.45) is 0 Å². The number of nitrogens with one attached hydrogen (secondary N) is 1. The Morgan fingerprint density at radius 1 is 1.13 bits per heavy atom. The lowest BCUT2D eigenvalue weighted by Gasteiger charge is -2.18. The predicted molar refractivity (Wildman–Crippen MR) is 122 cm³/mol. The zero-order valence-corrected chi connectivity index (χ0v) is 17.9. The van der Waals surface area contributed by atoms with Crippen LogP contribution >= 0.6 is 11.3 Å². The molecule has 7 heteroatoms. The second-order valence-corrected chi connectivity index (χ2v) is 8.71.